The Labute approximate surface area is 149 Å². The summed E-state index contributed by atoms with van der Waals surface area (Å²) in [6.07, 6.45) is 5.10. The molecule has 1 fully saturated rings. The van der Waals surface area contributed by atoms with Gasteiger partial charge in [0.15, 0.2) is 5.69 Å². The predicted octanol–water partition coefficient (Wildman–Crippen LogP) is 2.49. The average molecular weight is 338 g/mol. The summed E-state index contributed by atoms with van der Waals surface area (Å²) >= 11 is 0. The third-order valence-electron chi connectivity index (χ3n) is 5.59. The number of fused-ring (bicyclic) bond motifs is 1. The Bertz CT molecular complexity index is 772. The first-order valence-electron chi connectivity index (χ1n) is 9.31. The highest BCUT2D eigenvalue weighted by atomic mass is 16.2. The number of rotatable bonds is 3. The molecular formula is C20H26N4O. The molecule has 1 aliphatic carbocycles. The van der Waals surface area contributed by atoms with E-state index in [1.54, 1.807) is 0 Å². The van der Waals surface area contributed by atoms with Crippen molar-refractivity contribution < 1.29 is 4.79 Å². The van der Waals surface area contributed by atoms with Crippen LogP contribution in [0.2, 0.25) is 0 Å². The molecule has 0 spiro atoms. The first-order valence-corrected chi connectivity index (χ1v) is 9.31. The maximum atomic E-state index is 13.1. The van der Waals surface area contributed by atoms with Crippen molar-refractivity contribution in [2.45, 2.75) is 45.1 Å². The van der Waals surface area contributed by atoms with E-state index in [4.69, 9.17) is 5.10 Å². The van der Waals surface area contributed by atoms with Crippen molar-refractivity contribution in [2.75, 3.05) is 20.1 Å². The largest absolute Gasteiger partial charge is 0.337 e. The van der Waals surface area contributed by atoms with E-state index in [1.165, 1.54) is 11.3 Å². The molecule has 1 N–H and O–H groups in total. The van der Waals surface area contributed by atoms with E-state index >= 15 is 0 Å². The number of carbonyl (C=O) groups is 1. The second kappa shape index (κ2) is 6.64. The quantitative estimate of drug-likeness (QED) is 0.935. The summed E-state index contributed by atoms with van der Waals surface area (Å²) in [7, 11) is 1.94. The van der Waals surface area contributed by atoms with Gasteiger partial charge < -0.3 is 10.2 Å². The van der Waals surface area contributed by atoms with Crippen LogP contribution in [-0.2, 0) is 12.8 Å². The molecule has 5 nitrogen and oxygen atoms in total. The number of hydrogen-bond donors (Lipinski definition) is 1. The molecule has 2 heterocycles. The highest BCUT2D eigenvalue weighted by Gasteiger charge is 2.31. The van der Waals surface area contributed by atoms with E-state index in [-0.39, 0.29) is 5.91 Å². The van der Waals surface area contributed by atoms with Crippen LogP contribution < -0.4 is 5.32 Å². The third kappa shape index (κ3) is 2.97. The fraction of sp³-hybridized carbons (Fsp3) is 0.500. The SMILES string of the molecule is Cc1ccc(-n2nc(C(=O)N(C)C3CCNCC3)c3c2CCC3)cc1. The van der Waals surface area contributed by atoms with Gasteiger partial charge in [-0.15, -0.1) is 0 Å². The molecule has 4 rings (SSSR count). The Balaban J connectivity index is 1.67. The summed E-state index contributed by atoms with van der Waals surface area (Å²) in [5.41, 5.74) is 5.31. The normalized spacial score (nSPS) is 17.5. The summed E-state index contributed by atoms with van der Waals surface area (Å²) < 4.78 is 1.99. The minimum Gasteiger partial charge on any atom is -0.337 e. The monoisotopic (exact) mass is 338 g/mol. The molecule has 5 heteroatoms. The molecule has 0 bridgehead atoms. The average Bonchev–Trinajstić information content (AvgIpc) is 3.25. The van der Waals surface area contributed by atoms with Crippen LogP contribution in [0.15, 0.2) is 24.3 Å². The van der Waals surface area contributed by atoms with Gasteiger partial charge in [0.05, 0.1) is 5.69 Å². The third-order valence-corrected chi connectivity index (χ3v) is 5.59. The van der Waals surface area contributed by atoms with Crippen LogP contribution in [0.3, 0.4) is 0 Å². The zero-order chi connectivity index (χ0) is 17.4. The first kappa shape index (κ1) is 16.3. The molecule has 1 aromatic heterocycles. The molecule has 132 valence electrons. The second-order valence-corrected chi connectivity index (χ2v) is 7.27. The Morgan fingerprint density at radius 2 is 1.92 bits per heavy atom. The van der Waals surface area contributed by atoms with Crippen molar-refractivity contribution in [3.63, 3.8) is 0 Å². The number of aromatic nitrogens is 2. The van der Waals surface area contributed by atoms with E-state index in [2.05, 4.69) is 36.5 Å². The summed E-state index contributed by atoms with van der Waals surface area (Å²) in [6.45, 7) is 4.05. The highest BCUT2D eigenvalue weighted by molar-refractivity contribution is 5.94. The summed E-state index contributed by atoms with van der Waals surface area (Å²) in [6, 6.07) is 8.69. The van der Waals surface area contributed by atoms with Gasteiger partial charge in [-0.05, 0) is 64.3 Å². The van der Waals surface area contributed by atoms with Gasteiger partial charge in [-0.2, -0.15) is 5.10 Å². The molecule has 2 aromatic rings. The number of nitrogens with one attached hydrogen (secondary N) is 1. The van der Waals surface area contributed by atoms with Crippen LogP contribution in [0.5, 0.6) is 0 Å². The Hall–Kier alpha value is -2.14. The second-order valence-electron chi connectivity index (χ2n) is 7.27. The van der Waals surface area contributed by atoms with Crippen molar-refractivity contribution >= 4 is 5.91 Å². The smallest absolute Gasteiger partial charge is 0.274 e. The van der Waals surface area contributed by atoms with Crippen molar-refractivity contribution in [1.29, 1.82) is 0 Å². The molecule has 25 heavy (non-hydrogen) atoms. The Kier molecular flexibility index (Phi) is 4.34. The fourth-order valence-corrected chi connectivity index (χ4v) is 4.04. The topological polar surface area (TPSA) is 50.2 Å². The number of hydrogen-bond acceptors (Lipinski definition) is 3. The van der Waals surface area contributed by atoms with Crippen molar-refractivity contribution in [3.8, 4) is 5.69 Å². The Morgan fingerprint density at radius 1 is 1.20 bits per heavy atom. The lowest BCUT2D eigenvalue weighted by Gasteiger charge is -2.31. The molecule has 1 aromatic carbocycles. The summed E-state index contributed by atoms with van der Waals surface area (Å²) in [4.78, 5) is 15.0. The van der Waals surface area contributed by atoms with Gasteiger partial charge in [-0.25, -0.2) is 4.68 Å². The molecule has 0 radical (unpaired) electrons. The first-order chi connectivity index (χ1) is 12.1. The van der Waals surface area contributed by atoms with Gasteiger partial charge >= 0.3 is 0 Å². The van der Waals surface area contributed by atoms with Gasteiger partial charge in [0.25, 0.3) is 5.91 Å². The number of amides is 1. The lowest BCUT2D eigenvalue weighted by atomic mass is 10.0. The van der Waals surface area contributed by atoms with Gasteiger partial charge in [0, 0.05) is 24.3 Å². The molecule has 0 atom stereocenters. The van der Waals surface area contributed by atoms with Crippen molar-refractivity contribution in [1.82, 2.24) is 20.0 Å². The van der Waals surface area contributed by atoms with Crippen LogP contribution in [0.25, 0.3) is 5.69 Å². The minimum atomic E-state index is 0.0795. The molecule has 0 saturated carbocycles. The molecule has 1 saturated heterocycles. The molecular weight excluding hydrogens is 312 g/mol. The van der Waals surface area contributed by atoms with Gasteiger partial charge in [-0.3, -0.25) is 4.79 Å². The van der Waals surface area contributed by atoms with Gasteiger partial charge in [-0.1, -0.05) is 17.7 Å². The van der Waals surface area contributed by atoms with E-state index < -0.39 is 0 Å². The minimum absolute atomic E-state index is 0.0795. The number of piperidine rings is 1. The lowest BCUT2D eigenvalue weighted by molar-refractivity contribution is 0.0695. The standard InChI is InChI=1S/C20H26N4O/c1-14-6-8-16(9-7-14)24-18-5-3-4-17(18)19(22-24)20(25)23(2)15-10-12-21-13-11-15/h6-9,15,21H,3-5,10-13H2,1-2H3. The molecule has 1 amide bonds. The summed E-state index contributed by atoms with van der Waals surface area (Å²) in [5, 5.41) is 8.12. The van der Waals surface area contributed by atoms with Crippen LogP contribution in [-0.4, -0.2) is 46.8 Å². The summed E-state index contributed by atoms with van der Waals surface area (Å²) in [5.74, 6) is 0.0795. The van der Waals surface area contributed by atoms with Crippen LogP contribution >= 0.6 is 0 Å². The van der Waals surface area contributed by atoms with E-state index in [0.29, 0.717) is 11.7 Å². The maximum Gasteiger partial charge on any atom is 0.274 e. The molecule has 1 aliphatic heterocycles. The lowest BCUT2D eigenvalue weighted by Crippen LogP contribution is -2.44. The van der Waals surface area contributed by atoms with Crippen LogP contribution in [0.1, 0.15) is 46.6 Å². The van der Waals surface area contributed by atoms with E-state index in [0.717, 1.165) is 56.4 Å². The molecule has 2 aliphatic rings. The van der Waals surface area contributed by atoms with Crippen LogP contribution in [0, 0.1) is 6.92 Å². The Morgan fingerprint density at radius 3 is 2.64 bits per heavy atom. The van der Waals surface area contributed by atoms with Gasteiger partial charge in [0.2, 0.25) is 0 Å². The highest BCUT2D eigenvalue weighted by Crippen LogP contribution is 2.29. The number of carbonyl (C=O) groups excluding carboxylic acids is 1. The van der Waals surface area contributed by atoms with Crippen molar-refractivity contribution in [2.24, 2.45) is 0 Å². The number of aryl methyl sites for hydroxylation is 1. The fourth-order valence-electron chi connectivity index (χ4n) is 4.04. The zero-order valence-electron chi connectivity index (χ0n) is 15.1. The van der Waals surface area contributed by atoms with Crippen LogP contribution in [0.4, 0.5) is 0 Å². The van der Waals surface area contributed by atoms with Gasteiger partial charge in [0.1, 0.15) is 0 Å². The number of nitrogens with zero attached hydrogens (tertiary/aromatic N) is 3. The predicted molar refractivity (Wildman–Crippen MR) is 98.3 cm³/mol. The maximum absolute atomic E-state index is 13.1. The van der Waals surface area contributed by atoms with Crippen molar-refractivity contribution in [3.05, 3.63) is 46.8 Å². The van der Waals surface area contributed by atoms with E-state index in [9.17, 15) is 4.79 Å². The van der Waals surface area contributed by atoms with E-state index in [1.807, 2.05) is 16.6 Å². The zero-order valence-corrected chi connectivity index (χ0v) is 15.1. The number of benzene rings is 1. The molecule has 0 unspecified atom stereocenters.